The van der Waals surface area contributed by atoms with Crippen molar-refractivity contribution in [3.05, 3.63) is 83.2 Å². The van der Waals surface area contributed by atoms with Crippen molar-refractivity contribution in [3.8, 4) is 11.5 Å². The Hall–Kier alpha value is -4.30. The van der Waals surface area contributed by atoms with Gasteiger partial charge in [0.15, 0.2) is 11.3 Å². The number of aliphatic hydroxyl groups excluding tert-OH is 1. The SMILES string of the molecule is COc1cc(Cc2cnc(N)nc2N)c2cc(C(O)c3cccc4ccccc34)oc2c1OC. The number of anilines is 2. The minimum absolute atomic E-state index is 0.113. The van der Waals surface area contributed by atoms with Crippen molar-refractivity contribution in [1.29, 1.82) is 0 Å². The summed E-state index contributed by atoms with van der Waals surface area (Å²) >= 11 is 0. The van der Waals surface area contributed by atoms with Crippen LogP contribution in [0.5, 0.6) is 11.5 Å². The van der Waals surface area contributed by atoms with Gasteiger partial charge in [-0.25, -0.2) is 4.98 Å². The highest BCUT2D eigenvalue weighted by Gasteiger charge is 2.24. The molecule has 3 aromatic carbocycles. The van der Waals surface area contributed by atoms with Crippen LogP contribution < -0.4 is 20.9 Å². The van der Waals surface area contributed by atoms with Crippen molar-refractivity contribution >= 4 is 33.5 Å². The van der Waals surface area contributed by atoms with Gasteiger partial charge in [0, 0.05) is 23.6 Å². The van der Waals surface area contributed by atoms with E-state index in [9.17, 15) is 5.11 Å². The van der Waals surface area contributed by atoms with Gasteiger partial charge in [0.05, 0.1) is 14.2 Å². The molecule has 0 bridgehead atoms. The third-order valence-corrected chi connectivity index (χ3v) is 5.94. The van der Waals surface area contributed by atoms with Gasteiger partial charge in [-0.15, -0.1) is 0 Å². The molecule has 8 nitrogen and oxygen atoms in total. The maximum Gasteiger partial charge on any atom is 0.221 e. The number of furan rings is 1. The van der Waals surface area contributed by atoms with Crippen LogP contribution in [-0.4, -0.2) is 29.3 Å². The van der Waals surface area contributed by atoms with Crippen LogP contribution in [0, 0.1) is 0 Å². The molecule has 5 N–H and O–H groups in total. The van der Waals surface area contributed by atoms with Crippen LogP contribution in [0.2, 0.25) is 0 Å². The van der Waals surface area contributed by atoms with Crippen LogP contribution >= 0.6 is 0 Å². The number of hydrogen-bond donors (Lipinski definition) is 3. The average Bonchev–Trinajstić information content (AvgIpc) is 3.30. The smallest absolute Gasteiger partial charge is 0.221 e. The summed E-state index contributed by atoms with van der Waals surface area (Å²) in [5, 5.41) is 14.1. The van der Waals surface area contributed by atoms with Crippen LogP contribution in [0.4, 0.5) is 11.8 Å². The van der Waals surface area contributed by atoms with Crippen molar-refractivity contribution in [2.45, 2.75) is 12.5 Å². The van der Waals surface area contributed by atoms with Crippen LogP contribution in [-0.2, 0) is 6.42 Å². The highest BCUT2D eigenvalue weighted by Crippen LogP contribution is 2.42. The Labute approximate surface area is 195 Å². The first-order chi connectivity index (χ1) is 16.5. The number of methoxy groups -OCH3 is 2. The molecule has 0 spiro atoms. The molecule has 0 amide bonds. The Kier molecular flexibility index (Phi) is 5.43. The van der Waals surface area contributed by atoms with Gasteiger partial charge in [-0.05, 0) is 34.0 Å². The number of nitrogens with two attached hydrogens (primary N) is 2. The number of aromatic nitrogens is 2. The molecule has 0 aliphatic rings. The van der Waals surface area contributed by atoms with Gasteiger partial charge >= 0.3 is 0 Å². The zero-order chi connectivity index (χ0) is 23.8. The molecule has 1 unspecified atom stereocenters. The quantitative estimate of drug-likeness (QED) is 0.346. The molecule has 2 heterocycles. The number of benzene rings is 3. The third kappa shape index (κ3) is 3.64. The average molecular weight is 457 g/mol. The maximum atomic E-state index is 11.3. The van der Waals surface area contributed by atoms with E-state index in [1.807, 2.05) is 54.6 Å². The molecule has 5 aromatic rings. The van der Waals surface area contributed by atoms with E-state index in [1.54, 1.807) is 20.4 Å². The number of nitrogen functional groups attached to an aromatic ring is 2. The molecule has 0 radical (unpaired) electrons. The van der Waals surface area contributed by atoms with Gasteiger partial charge < -0.3 is 30.5 Å². The number of fused-ring (bicyclic) bond motifs is 2. The second-order valence-electron chi connectivity index (χ2n) is 7.95. The lowest BCUT2D eigenvalue weighted by molar-refractivity contribution is 0.193. The van der Waals surface area contributed by atoms with E-state index in [-0.39, 0.29) is 5.95 Å². The van der Waals surface area contributed by atoms with Gasteiger partial charge in [0.1, 0.15) is 17.7 Å². The van der Waals surface area contributed by atoms with E-state index in [4.69, 9.17) is 25.4 Å². The van der Waals surface area contributed by atoms with E-state index in [0.717, 1.165) is 27.3 Å². The largest absolute Gasteiger partial charge is 0.493 e. The molecule has 5 rings (SSSR count). The van der Waals surface area contributed by atoms with Crippen molar-refractivity contribution < 1.29 is 19.0 Å². The standard InChI is InChI=1S/C26H24N4O4/c1-32-21-11-15(10-16-13-29-26(28)30-25(16)27)19-12-20(34-23(19)24(21)33-2)22(31)18-9-5-7-14-6-3-4-8-17(14)18/h3-9,11-13,22,31H,10H2,1-2H3,(H4,27,28,29,30). The second-order valence-corrected chi connectivity index (χ2v) is 7.95. The Morgan fingerprint density at radius 1 is 0.971 bits per heavy atom. The fraction of sp³-hybridized carbons (Fsp3) is 0.154. The fourth-order valence-corrected chi connectivity index (χ4v) is 4.27. The summed E-state index contributed by atoms with van der Waals surface area (Å²) < 4.78 is 17.3. The Morgan fingerprint density at radius 3 is 2.53 bits per heavy atom. The monoisotopic (exact) mass is 456 g/mol. The molecular weight excluding hydrogens is 432 g/mol. The van der Waals surface area contributed by atoms with Gasteiger partial charge in [-0.3, -0.25) is 0 Å². The molecule has 0 fully saturated rings. The molecule has 172 valence electrons. The Balaban J connectivity index is 1.66. The molecule has 0 saturated carbocycles. The van der Waals surface area contributed by atoms with Crippen molar-refractivity contribution in [2.24, 2.45) is 0 Å². The molecule has 34 heavy (non-hydrogen) atoms. The summed E-state index contributed by atoms with van der Waals surface area (Å²) in [6.45, 7) is 0. The van der Waals surface area contributed by atoms with E-state index < -0.39 is 6.10 Å². The van der Waals surface area contributed by atoms with Gasteiger partial charge in [-0.1, -0.05) is 42.5 Å². The first-order valence-corrected chi connectivity index (χ1v) is 10.7. The number of hydrogen-bond acceptors (Lipinski definition) is 8. The zero-order valence-corrected chi connectivity index (χ0v) is 18.8. The molecule has 0 aliphatic heterocycles. The van der Waals surface area contributed by atoms with Crippen LogP contribution in [0.15, 0.2) is 65.2 Å². The lowest BCUT2D eigenvalue weighted by Crippen LogP contribution is -2.04. The highest BCUT2D eigenvalue weighted by atomic mass is 16.5. The van der Waals surface area contributed by atoms with E-state index in [1.165, 1.54) is 0 Å². The number of aliphatic hydroxyl groups is 1. The van der Waals surface area contributed by atoms with Crippen LogP contribution in [0.3, 0.4) is 0 Å². The van der Waals surface area contributed by atoms with E-state index >= 15 is 0 Å². The third-order valence-electron chi connectivity index (χ3n) is 5.94. The predicted molar refractivity (Wildman–Crippen MR) is 131 cm³/mol. The van der Waals surface area contributed by atoms with Crippen LogP contribution in [0.1, 0.15) is 28.6 Å². The highest BCUT2D eigenvalue weighted by molar-refractivity contribution is 5.91. The Bertz CT molecular complexity index is 1510. The summed E-state index contributed by atoms with van der Waals surface area (Å²) in [5.41, 5.74) is 14.5. The second kappa shape index (κ2) is 8.57. The molecule has 0 aliphatic carbocycles. The van der Waals surface area contributed by atoms with Crippen molar-refractivity contribution in [3.63, 3.8) is 0 Å². The minimum atomic E-state index is -0.980. The summed E-state index contributed by atoms with van der Waals surface area (Å²) in [4.78, 5) is 8.12. The predicted octanol–water partition coefficient (Wildman–Crippen LogP) is 4.23. The van der Waals surface area contributed by atoms with Crippen molar-refractivity contribution in [1.82, 2.24) is 9.97 Å². The fourth-order valence-electron chi connectivity index (χ4n) is 4.27. The summed E-state index contributed by atoms with van der Waals surface area (Å²) in [6.07, 6.45) is 1.03. The summed E-state index contributed by atoms with van der Waals surface area (Å²) in [7, 11) is 3.11. The van der Waals surface area contributed by atoms with Gasteiger partial charge in [0.25, 0.3) is 0 Å². The van der Waals surface area contributed by atoms with Crippen LogP contribution in [0.25, 0.3) is 21.7 Å². The van der Waals surface area contributed by atoms with Gasteiger partial charge in [0.2, 0.25) is 11.7 Å². The summed E-state index contributed by atoms with van der Waals surface area (Å²) in [5.74, 6) is 1.75. The number of rotatable bonds is 6. The molecule has 2 aromatic heterocycles. The molecular formula is C26H24N4O4. The first kappa shape index (κ1) is 21.5. The summed E-state index contributed by atoms with van der Waals surface area (Å²) in [6, 6.07) is 17.4. The lowest BCUT2D eigenvalue weighted by atomic mass is 9.98. The minimum Gasteiger partial charge on any atom is -0.493 e. The van der Waals surface area contributed by atoms with E-state index in [0.29, 0.717) is 40.6 Å². The van der Waals surface area contributed by atoms with Gasteiger partial charge in [-0.2, -0.15) is 4.98 Å². The lowest BCUT2D eigenvalue weighted by Gasteiger charge is -2.12. The molecule has 1 atom stereocenters. The molecule has 0 saturated heterocycles. The normalized spacial score (nSPS) is 12.2. The van der Waals surface area contributed by atoms with E-state index in [2.05, 4.69) is 9.97 Å². The molecule has 8 heteroatoms. The zero-order valence-electron chi connectivity index (χ0n) is 18.8. The first-order valence-electron chi connectivity index (χ1n) is 10.7. The Morgan fingerprint density at radius 2 is 1.76 bits per heavy atom. The number of ether oxygens (including phenoxy) is 2. The maximum absolute atomic E-state index is 11.3. The number of nitrogens with zero attached hydrogens (tertiary/aromatic N) is 2. The van der Waals surface area contributed by atoms with Crippen molar-refractivity contribution in [2.75, 3.05) is 25.7 Å². The topological polar surface area (TPSA) is 130 Å².